The van der Waals surface area contributed by atoms with Gasteiger partial charge in [-0.15, -0.1) is 0 Å². The number of benzene rings is 1. The zero-order valence-corrected chi connectivity index (χ0v) is 10.7. The topological polar surface area (TPSA) is 46.2 Å². The Morgan fingerprint density at radius 2 is 2.00 bits per heavy atom. The maximum atomic E-state index is 11.5. The summed E-state index contributed by atoms with van der Waals surface area (Å²) < 4.78 is 0. The quantitative estimate of drug-likeness (QED) is 0.667. The Balaban J connectivity index is 2.65. The molecule has 1 N–H and O–H groups in total. The van der Waals surface area contributed by atoms with Crippen LogP contribution >= 0.6 is 15.9 Å². The highest BCUT2D eigenvalue weighted by Gasteiger charge is 2.09. The number of carbonyl (C=O) groups excluding carboxylic acids is 2. The molecule has 1 aromatic carbocycles. The van der Waals surface area contributed by atoms with E-state index in [0.717, 1.165) is 17.7 Å². The molecule has 16 heavy (non-hydrogen) atoms. The summed E-state index contributed by atoms with van der Waals surface area (Å²) in [5, 5.41) is 2.96. The smallest absolute Gasteiger partial charge is 0.231 e. The molecule has 0 heterocycles. The van der Waals surface area contributed by atoms with Crippen LogP contribution < -0.4 is 5.32 Å². The molecule has 1 aromatic rings. The maximum absolute atomic E-state index is 11.5. The van der Waals surface area contributed by atoms with Crippen LogP contribution in [-0.2, 0) is 16.0 Å². The lowest BCUT2D eigenvalue weighted by molar-refractivity contribution is -0.123. The second kappa shape index (κ2) is 6.43. The SMILES string of the molecule is CCc1ccccc1NC(=O)CC(=O)CBr. The normalized spacial score (nSPS) is 9.88. The molecule has 0 fully saturated rings. The summed E-state index contributed by atoms with van der Waals surface area (Å²) in [7, 11) is 0. The number of ketones is 1. The van der Waals surface area contributed by atoms with Gasteiger partial charge in [-0.3, -0.25) is 9.59 Å². The van der Waals surface area contributed by atoms with E-state index in [0.29, 0.717) is 0 Å². The van der Waals surface area contributed by atoms with Crippen LogP contribution in [-0.4, -0.2) is 17.0 Å². The Labute approximate surface area is 103 Å². The van der Waals surface area contributed by atoms with E-state index in [-0.39, 0.29) is 23.4 Å². The van der Waals surface area contributed by atoms with Gasteiger partial charge in [0.05, 0.1) is 11.8 Å². The minimum absolute atomic E-state index is 0.0801. The fourth-order valence-corrected chi connectivity index (χ4v) is 1.57. The molecule has 0 bridgehead atoms. The van der Waals surface area contributed by atoms with Crippen molar-refractivity contribution in [3.05, 3.63) is 29.8 Å². The van der Waals surface area contributed by atoms with E-state index >= 15 is 0 Å². The molecule has 3 nitrogen and oxygen atoms in total. The van der Waals surface area contributed by atoms with E-state index in [2.05, 4.69) is 21.2 Å². The first-order valence-electron chi connectivity index (χ1n) is 5.12. The fraction of sp³-hybridized carbons (Fsp3) is 0.333. The van der Waals surface area contributed by atoms with Crippen LogP contribution in [0.2, 0.25) is 0 Å². The van der Waals surface area contributed by atoms with Crippen LogP contribution in [0.25, 0.3) is 0 Å². The van der Waals surface area contributed by atoms with E-state index in [1.165, 1.54) is 0 Å². The zero-order valence-electron chi connectivity index (χ0n) is 9.13. The largest absolute Gasteiger partial charge is 0.325 e. The zero-order chi connectivity index (χ0) is 12.0. The minimum atomic E-state index is -0.259. The predicted molar refractivity (Wildman–Crippen MR) is 67.9 cm³/mol. The van der Waals surface area contributed by atoms with Crippen LogP contribution in [0.5, 0.6) is 0 Å². The van der Waals surface area contributed by atoms with Gasteiger partial charge in [0.2, 0.25) is 5.91 Å². The summed E-state index contributed by atoms with van der Waals surface area (Å²) in [4.78, 5) is 22.6. The average Bonchev–Trinajstić information content (AvgIpc) is 2.29. The molecule has 0 radical (unpaired) electrons. The van der Waals surface area contributed by atoms with Crippen molar-refractivity contribution in [3.63, 3.8) is 0 Å². The van der Waals surface area contributed by atoms with E-state index in [4.69, 9.17) is 0 Å². The van der Waals surface area contributed by atoms with Gasteiger partial charge in [0.15, 0.2) is 5.78 Å². The lowest BCUT2D eigenvalue weighted by Crippen LogP contribution is -2.17. The Morgan fingerprint density at radius 1 is 1.31 bits per heavy atom. The van der Waals surface area contributed by atoms with Gasteiger partial charge in [0.25, 0.3) is 0 Å². The Hall–Kier alpha value is -1.16. The molecule has 0 saturated heterocycles. The van der Waals surface area contributed by atoms with Crippen molar-refractivity contribution >= 4 is 33.3 Å². The standard InChI is InChI=1S/C12H14BrNO2/c1-2-9-5-3-4-6-11(9)14-12(16)7-10(15)8-13/h3-6H,2,7-8H2,1H3,(H,14,16). The molecule has 0 spiro atoms. The first-order valence-corrected chi connectivity index (χ1v) is 6.25. The summed E-state index contributed by atoms with van der Waals surface area (Å²) in [6.07, 6.45) is 0.770. The highest BCUT2D eigenvalue weighted by molar-refractivity contribution is 9.09. The number of halogens is 1. The second-order valence-electron chi connectivity index (χ2n) is 3.41. The van der Waals surface area contributed by atoms with E-state index in [1.54, 1.807) is 0 Å². The Morgan fingerprint density at radius 3 is 2.62 bits per heavy atom. The number of para-hydroxylation sites is 1. The lowest BCUT2D eigenvalue weighted by atomic mass is 10.1. The number of amides is 1. The van der Waals surface area contributed by atoms with Crippen LogP contribution in [0.3, 0.4) is 0 Å². The molecule has 86 valence electrons. The molecule has 0 aliphatic rings. The van der Waals surface area contributed by atoms with Gasteiger partial charge in [-0.05, 0) is 18.1 Å². The number of nitrogens with one attached hydrogen (secondary N) is 1. The van der Waals surface area contributed by atoms with Gasteiger partial charge in [0.1, 0.15) is 0 Å². The van der Waals surface area contributed by atoms with Crippen molar-refractivity contribution in [2.45, 2.75) is 19.8 Å². The third kappa shape index (κ3) is 3.77. The summed E-state index contributed by atoms with van der Waals surface area (Å²) in [6, 6.07) is 7.59. The molecule has 4 heteroatoms. The number of alkyl halides is 1. The molecule has 0 saturated carbocycles. The molecule has 0 atom stereocenters. The van der Waals surface area contributed by atoms with Gasteiger partial charge in [-0.25, -0.2) is 0 Å². The first-order chi connectivity index (χ1) is 7.67. The Bertz CT molecular complexity index is 390. The lowest BCUT2D eigenvalue weighted by Gasteiger charge is -2.08. The molecule has 0 unspecified atom stereocenters. The van der Waals surface area contributed by atoms with Crippen LogP contribution in [0.15, 0.2) is 24.3 Å². The van der Waals surface area contributed by atoms with Crippen LogP contribution in [0.4, 0.5) is 5.69 Å². The predicted octanol–water partition coefficient (Wildman–Crippen LogP) is 2.54. The number of hydrogen-bond acceptors (Lipinski definition) is 2. The first kappa shape index (κ1) is 12.9. The number of hydrogen-bond donors (Lipinski definition) is 1. The van der Waals surface area contributed by atoms with Crippen molar-refractivity contribution in [2.24, 2.45) is 0 Å². The molecule has 1 amide bonds. The molecule has 0 aromatic heterocycles. The third-order valence-electron chi connectivity index (χ3n) is 2.18. The monoisotopic (exact) mass is 283 g/mol. The third-order valence-corrected chi connectivity index (χ3v) is 2.80. The number of anilines is 1. The van der Waals surface area contributed by atoms with Crippen molar-refractivity contribution in [1.29, 1.82) is 0 Å². The van der Waals surface area contributed by atoms with Crippen molar-refractivity contribution < 1.29 is 9.59 Å². The molecule has 0 aliphatic heterocycles. The maximum Gasteiger partial charge on any atom is 0.231 e. The number of Topliss-reactive ketones (excluding diaryl/α,β-unsaturated/α-hetero) is 1. The Kier molecular flexibility index (Phi) is 5.19. The molecule has 1 rings (SSSR count). The van der Waals surface area contributed by atoms with E-state index in [1.807, 2.05) is 31.2 Å². The summed E-state index contributed by atoms with van der Waals surface area (Å²) in [5.41, 5.74) is 1.86. The van der Waals surface area contributed by atoms with Gasteiger partial charge in [-0.2, -0.15) is 0 Å². The van der Waals surface area contributed by atoms with Gasteiger partial charge in [-0.1, -0.05) is 41.1 Å². The van der Waals surface area contributed by atoms with E-state index in [9.17, 15) is 9.59 Å². The number of aryl methyl sites for hydroxylation is 1. The highest BCUT2D eigenvalue weighted by atomic mass is 79.9. The molecule has 0 aliphatic carbocycles. The van der Waals surface area contributed by atoms with E-state index < -0.39 is 0 Å². The van der Waals surface area contributed by atoms with Crippen LogP contribution in [0, 0.1) is 0 Å². The van der Waals surface area contributed by atoms with Crippen molar-refractivity contribution in [2.75, 3.05) is 10.6 Å². The second-order valence-corrected chi connectivity index (χ2v) is 3.97. The van der Waals surface area contributed by atoms with Gasteiger partial charge < -0.3 is 5.32 Å². The van der Waals surface area contributed by atoms with Gasteiger partial charge >= 0.3 is 0 Å². The molecular formula is C12H14BrNO2. The summed E-state index contributed by atoms with van der Waals surface area (Å²) in [5.74, 6) is -0.378. The average molecular weight is 284 g/mol. The fourth-order valence-electron chi connectivity index (χ4n) is 1.37. The number of rotatable bonds is 5. The minimum Gasteiger partial charge on any atom is -0.325 e. The van der Waals surface area contributed by atoms with Crippen LogP contribution in [0.1, 0.15) is 18.9 Å². The van der Waals surface area contributed by atoms with Crippen molar-refractivity contribution in [3.8, 4) is 0 Å². The summed E-state index contributed by atoms with van der Waals surface area (Å²) >= 11 is 3.03. The highest BCUT2D eigenvalue weighted by Crippen LogP contribution is 2.15. The van der Waals surface area contributed by atoms with Crippen molar-refractivity contribution in [1.82, 2.24) is 0 Å². The summed E-state index contributed by atoms with van der Waals surface area (Å²) in [6.45, 7) is 2.02. The molecular weight excluding hydrogens is 270 g/mol. The number of carbonyl (C=O) groups is 2. The van der Waals surface area contributed by atoms with Gasteiger partial charge in [0, 0.05) is 5.69 Å².